The number of benzene rings is 1. The minimum atomic E-state index is -1.54. The van der Waals surface area contributed by atoms with Gasteiger partial charge in [-0.25, -0.2) is 0 Å². The van der Waals surface area contributed by atoms with Crippen LogP contribution in [0.1, 0.15) is 25.8 Å². The standard InChI is InChI=1S/C15H22OSi/c1-12-10-15(13(2)17(3,4)16-12)11-14-8-6-5-7-9-14/h5-9,11-13H,10H2,1-4H3/b15-11+. The second kappa shape index (κ2) is 4.79. The van der Waals surface area contributed by atoms with Crippen LogP contribution in [0.5, 0.6) is 0 Å². The molecule has 1 aromatic carbocycles. The van der Waals surface area contributed by atoms with Gasteiger partial charge in [-0.05, 0) is 37.5 Å². The van der Waals surface area contributed by atoms with E-state index < -0.39 is 8.32 Å². The number of hydrogen-bond donors (Lipinski definition) is 0. The fourth-order valence-corrected chi connectivity index (χ4v) is 4.98. The van der Waals surface area contributed by atoms with Gasteiger partial charge in [0.25, 0.3) is 0 Å². The van der Waals surface area contributed by atoms with Gasteiger partial charge in [0.05, 0.1) is 0 Å². The molecule has 0 amide bonds. The van der Waals surface area contributed by atoms with Crippen molar-refractivity contribution >= 4 is 14.4 Å². The SMILES string of the molecule is CC1C/C(=C\c2ccccc2)C(C)[Si](C)(C)O1. The summed E-state index contributed by atoms with van der Waals surface area (Å²) in [6.07, 6.45) is 3.81. The van der Waals surface area contributed by atoms with Crippen LogP contribution in [0.4, 0.5) is 0 Å². The van der Waals surface area contributed by atoms with E-state index in [0.29, 0.717) is 11.6 Å². The first-order valence-electron chi connectivity index (χ1n) is 6.42. The van der Waals surface area contributed by atoms with Gasteiger partial charge in [-0.15, -0.1) is 0 Å². The molecule has 2 heteroatoms. The highest BCUT2D eigenvalue weighted by Crippen LogP contribution is 2.39. The van der Waals surface area contributed by atoms with Crippen LogP contribution in [0.2, 0.25) is 18.6 Å². The van der Waals surface area contributed by atoms with Crippen LogP contribution in [-0.2, 0) is 4.43 Å². The van der Waals surface area contributed by atoms with Gasteiger partial charge in [-0.3, -0.25) is 0 Å². The third kappa shape index (κ3) is 2.88. The molecule has 2 rings (SSSR count). The second-order valence-electron chi connectivity index (χ2n) is 5.59. The summed E-state index contributed by atoms with van der Waals surface area (Å²) in [5.41, 5.74) is 3.48. The Labute approximate surface area is 106 Å². The fraction of sp³-hybridized carbons (Fsp3) is 0.467. The topological polar surface area (TPSA) is 9.23 Å². The second-order valence-corrected chi connectivity index (χ2v) is 9.90. The zero-order valence-corrected chi connectivity index (χ0v) is 12.2. The van der Waals surface area contributed by atoms with Crippen molar-refractivity contribution in [1.29, 1.82) is 0 Å². The van der Waals surface area contributed by atoms with E-state index in [0.717, 1.165) is 6.42 Å². The van der Waals surface area contributed by atoms with E-state index in [2.05, 4.69) is 63.3 Å². The van der Waals surface area contributed by atoms with Crippen LogP contribution in [0, 0.1) is 0 Å². The Hall–Kier alpha value is -0.863. The Bertz CT molecular complexity index is 408. The van der Waals surface area contributed by atoms with Gasteiger partial charge >= 0.3 is 0 Å². The Morgan fingerprint density at radius 2 is 1.82 bits per heavy atom. The van der Waals surface area contributed by atoms with E-state index in [9.17, 15) is 0 Å². The van der Waals surface area contributed by atoms with Gasteiger partial charge < -0.3 is 4.43 Å². The molecule has 0 spiro atoms. The van der Waals surface area contributed by atoms with E-state index in [-0.39, 0.29) is 0 Å². The van der Waals surface area contributed by atoms with Gasteiger partial charge in [0, 0.05) is 6.10 Å². The molecule has 0 aromatic heterocycles. The van der Waals surface area contributed by atoms with E-state index in [4.69, 9.17) is 4.43 Å². The molecule has 1 nitrogen and oxygen atoms in total. The van der Waals surface area contributed by atoms with Crippen molar-refractivity contribution in [2.45, 2.75) is 45.0 Å². The Morgan fingerprint density at radius 1 is 1.18 bits per heavy atom. The van der Waals surface area contributed by atoms with Crippen molar-refractivity contribution in [2.75, 3.05) is 0 Å². The highest BCUT2D eigenvalue weighted by molar-refractivity contribution is 6.73. The minimum Gasteiger partial charge on any atom is -0.414 e. The Balaban J connectivity index is 2.28. The first-order chi connectivity index (χ1) is 7.99. The van der Waals surface area contributed by atoms with Crippen molar-refractivity contribution in [3.05, 3.63) is 41.5 Å². The summed E-state index contributed by atoms with van der Waals surface area (Å²) in [6, 6.07) is 10.6. The molecular weight excluding hydrogens is 224 g/mol. The van der Waals surface area contributed by atoms with Crippen molar-refractivity contribution < 1.29 is 4.43 Å². The zero-order chi connectivity index (χ0) is 12.5. The van der Waals surface area contributed by atoms with Crippen LogP contribution in [0.15, 0.2) is 35.9 Å². The van der Waals surface area contributed by atoms with Crippen molar-refractivity contribution in [1.82, 2.24) is 0 Å². The Morgan fingerprint density at radius 3 is 2.47 bits per heavy atom. The molecule has 1 fully saturated rings. The maximum absolute atomic E-state index is 6.15. The van der Waals surface area contributed by atoms with Crippen molar-refractivity contribution in [3.8, 4) is 0 Å². The van der Waals surface area contributed by atoms with Crippen molar-refractivity contribution in [3.63, 3.8) is 0 Å². The molecule has 1 aliphatic heterocycles. The van der Waals surface area contributed by atoms with E-state index >= 15 is 0 Å². The highest BCUT2D eigenvalue weighted by atomic mass is 28.4. The summed E-state index contributed by atoms with van der Waals surface area (Å²) in [7, 11) is -1.54. The molecule has 1 aliphatic rings. The molecule has 0 radical (unpaired) electrons. The lowest BCUT2D eigenvalue weighted by atomic mass is 10.0. The largest absolute Gasteiger partial charge is 0.414 e. The zero-order valence-electron chi connectivity index (χ0n) is 11.2. The minimum absolute atomic E-state index is 0.378. The lowest BCUT2D eigenvalue weighted by Gasteiger charge is -2.40. The number of rotatable bonds is 1. The summed E-state index contributed by atoms with van der Waals surface area (Å²) in [5, 5.41) is 0. The van der Waals surface area contributed by atoms with Crippen LogP contribution in [-0.4, -0.2) is 14.4 Å². The third-order valence-corrected chi connectivity index (χ3v) is 7.24. The number of hydrogen-bond acceptors (Lipinski definition) is 1. The van der Waals surface area contributed by atoms with Crippen LogP contribution < -0.4 is 0 Å². The van der Waals surface area contributed by atoms with Crippen LogP contribution in [0.3, 0.4) is 0 Å². The summed E-state index contributed by atoms with van der Waals surface area (Å²) in [5.74, 6) is 0. The van der Waals surface area contributed by atoms with E-state index in [1.807, 2.05) is 0 Å². The molecule has 1 aromatic rings. The van der Waals surface area contributed by atoms with Gasteiger partial charge in [0.1, 0.15) is 0 Å². The van der Waals surface area contributed by atoms with Gasteiger partial charge in [-0.1, -0.05) is 48.9 Å². The van der Waals surface area contributed by atoms with Gasteiger partial charge in [0.2, 0.25) is 0 Å². The average molecular weight is 246 g/mol. The first-order valence-corrected chi connectivity index (χ1v) is 9.41. The van der Waals surface area contributed by atoms with Crippen LogP contribution in [0.25, 0.3) is 6.08 Å². The van der Waals surface area contributed by atoms with E-state index in [1.54, 1.807) is 5.57 Å². The van der Waals surface area contributed by atoms with Gasteiger partial charge in [0.15, 0.2) is 8.32 Å². The molecule has 92 valence electrons. The Kier molecular flexibility index (Phi) is 3.55. The quantitative estimate of drug-likeness (QED) is 0.664. The fourth-order valence-electron chi connectivity index (χ4n) is 2.56. The smallest absolute Gasteiger partial charge is 0.193 e. The van der Waals surface area contributed by atoms with Crippen LogP contribution >= 0.6 is 0 Å². The molecular formula is C15H22OSi. The molecule has 2 unspecified atom stereocenters. The highest BCUT2D eigenvalue weighted by Gasteiger charge is 2.38. The molecule has 1 heterocycles. The molecule has 1 saturated heterocycles. The maximum atomic E-state index is 6.15. The lowest BCUT2D eigenvalue weighted by Crippen LogP contribution is -2.43. The molecule has 2 atom stereocenters. The first kappa shape index (κ1) is 12.6. The lowest BCUT2D eigenvalue weighted by molar-refractivity contribution is 0.191. The molecule has 17 heavy (non-hydrogen) atoms. The summed E-state index contributed by atoms with van der Waals surface area (Å²) >= 11 is 0. The summed E-state index contributed by atoms with van der Waals surface area (Å²) in [4.78, 5) is 0. The van der Waals surface area contributed by atoms with E-state index in [1.165, 1.54) is 5.56 Å². The van der Waals surface area contributed by atoms with Crippen molar-refractivity contribution in [2.24, 2.45) is 0 Å². The molecule has 0 aliphatic carbocycles. The maximum Gasteiger partial charge on any atom is 0.193 e. The predicted molar refractivity (Wildman–Crippen MR) is 76.5 cm³/mol. The predicted octanol–water partition coefficient (Wildman–Crippen LogP) is 4.47. The average Bonchev–Trinajstić information content (AvgIpc) is 2.26. The summed E-state index contributed by atoms with van der Waals surface area (Å²) in [6.45, 7) is 9.17. The monoisotopic (exact) mass is 246 g/mol. The molecule has 0 N–H and O–H groups in total. The normalized spacial score (nSPS) is 30.5. The molecule has 0 bridgehead atoms. The van der Waals surface area contributed by atoms with Gasteiger partial charge in [-0.2, -0.15) is 0 Å². The third-order valence-electron chi connectivity index (χ3n) is 3.78. The summed E-state index contributed by atoms with van der Waals surface area (Å²) < 4.78 is 6.15. The molecule has 0 saturated carbocycles.